The van der Waals surface area contributed by atoms with E-state index >= 15 is 0 Å². The van der Waals surface area contributed by atoms with E-state index in [1.807, 2.05) is 6.20 Å². The van der Waals surface area contributed by atoms with Gasteiger partial charge >= 0.3 is 6.03 Å². The molecule has 0 spiro atoms. The van der Waals surface area contributed by atoms with Crippen molar-refractivity contribution in [2.45, 2.75) is 31.7 Å². The normalized spacial score (nSPS) is 16.7. The summed E-state index contributed by atoms with van der Waals surface area (Å²) >= 11 is 0. The molecule has 0 bridgehead atoms. The Morgan fingerprint density at radius 2 is 2.12 bits per heavy atom. The van der Waals surface area contributed by atoms with Gasteiger partial charge in [0.1, 0.15) is 11.6 Å². The van der Waals surface area contributed by atoms with Gasteiger partial charge in [-0.2, -0.15) is 9.61 Å². The van der Waals surface area contributed by atoms with Gasteiger partial charge in [0.25, 0.3) is 0 Å². The van der Waals surface area contributed by atoms with E-state index in [0.717, 1.165) is 23.5 Å². The molecule has 5 rings (SSSR count). The second kappa shape index (κ2) is 5.51. The molecule has 3 aromatic heterocycles. The fourth-order valence-corrected chi connectivity index (χ4v) is 3.16. The lowest BCUT2D eigenvalue weighted by Crippen LogP contribution is -2.39. The number of nitrogens with one attached hydrogen (secondary N) is 1. The van der Waals surface area contributed by atoms with E-state index in [2.05, 4.69) is 20.4 Å². The molecule has 126 valence electrons. The first kappa shape index (κ1) is 14.3. The Morgan fingerprint density at radius 3 is 3.00 bits per heavy atom. The van der Waals surface area contributed by atoms with Crippen molar-refractivity contribution in [2.24, 2.45) is 0 Å². The molecule has 0 atom stereocenters. The molecule has 4 heterocycles. The minimum Gasteiger partial charge on any atom is -0.320 e. The Labute approximate surface area is 143 Å². The van der Waals surface area contributed by atoms with Gasteiger partial charge in [-0.05, 0) is 18.9 Å². The van der Waals surface area contributed by atoms with Gasteiger partial charge in [0.05, 0.1) is 18.4 Å². The lowest BCUT2D eigenvalue weighted by Gasteiger charge is -2.28. The lowest BCUT2D eigenvalue weighted by molar-refractivity contribution is 0.205. The highest BCUT2D eigenvalue weighted by molar-refractivity contribution is 5.88. The minimum absolute atomic E-state index is 0.153. The van der Waals surface area contributed by atoms with E-state index in [4.69, 9.17) is 4.98 Å². The van der Waals surface area contributed by atoms with Crippen LogP contribution in [-0.4, -0.2) is 42.0 Å². The molecular weight excluding hydrogens is 318 g/mol. The Hall–Kier alpha value is -3.03. The van der Waals surface area contributed by atoms with Gasteiger partial charge in [-0.15, -0.1) is 0 Å². The minimum atomic E-state index is -0.153. The molecule has 8 heteroatoms. The first-order valence-electron chi connectivity index (χ1n) is 8.47. The monoisotopic (exact) mass is 335 g/mol. The Morgan fingerprint density at radius 1 is 1.20 bits per heavy atom. The van der Waals surface area contributed by atoms with Gasteiger partial charge in [0, 0.05) is 42.9 Å². The molecule has 2 aliphatic rings. The number of aromatic nitrogens is 5. The zero-order valence-corrected chi connectivity index (χ0v) is 13.6. The predicted molar refractivity (Wildman–Crippen MR) is 90.1 cm³/mol. The van der Waals surface area contributed by atoms with Crippen LogP contribution >= 0.6 is 0 Å². The fraction of sp³-hybridized carbons (Fsp3) is 0.353. The highest BCUT2D eigenvalue weighted by atomic mass is 16.2. The van der Waals surface area contributed by atoms with Gasteiger partial charge in [-0.1, -0.05) is 0 Å². The number of nitrogens with zero attached hydrogens (tertiary/aromatic N) is 6. The summed E-state index contributed by atoms with van der Waals surface area (Å²) in [5.74, 6) is 2.12. The fourth-order valence-electron chi connectivity index (χ4n) is 3.16. The molecule has 1 aliphatic heterocycles. The maximum Gasteiger partial charge on any atom is 0.323 e. The maximum absolute atomic E-state index is 12.6. The zero-order valence-electron chi connectivity index (χ0n) is 13.6. The number of amides is 2. The van der Waals surface area contributed by atoms with Crippen molar-refractivity contribution in [3.63, 3.8) is 0 Å². The third-order valence-electron chi connectivity index (χ3n) is 4.71. The van der Waals surface area contributed by atoms with Crippen molar-refractivity contribution in [2.75, 3.05) is 11.9 Å². The van der Waals surface area contributed by atoms with Crippen LogP contribution in [0.15, 0.2) is 30.7 Å². The molecule has 25 heavy (non-hydrogen) atoms. The van der Waals surface area contributed by atoms with Crippen molar-refractivity contribution in [1.29, 1.82) is 0 Å². The van der Waals surface area contributed by atoms with Gasteiger partial charge < -0.3 is 4.90 Å². The van der Waals surface area contributed by atoms with E-state index in [9.17, 15) is 4.79 Å². The highest BCUT2D eigenvalue weighted by Crippen LogP contribution is 2.38. The number of urea groups is 1. The van der Waals surface area contributed by atoms with Gasteiger partial charge in [0.15, 0.2) is 5.65 Å². The molecule has 1 fully saturated rings. The summed E-state index contributed by atoms with van der Waals surface area (Å²) in [7, 11) is 0. The number of carbonyl (C=O) groups excluding carboxylic acids is 1. The first-order valence-corrected chi connectivity index (χ1v) is 8.47. The topological polar surface area (TPSA) is 88.3 Å². The van der Waals surface area contributed by atoms with Crippen molar-refractivity contribution in [1.82, 2.24) is 29.5 Å². The Bertz CT molecular complexity index is 963. The van der Waals surface area contributed by atoms with Crippen LogP contribution < -0.4 is 5.32 Å². The smallest absolute Gasteiger partial charge is 0.320 e. The van der Waals surface area contributed by atoms with Crippen molar-refractivity contribution < 1.29 is 4.79 Å². The van der Waals surface area contributed by atoms with Gasteiger partial charge in [-0.25, -0.2) is 19.7 Å². The van der Waals surface area contributed by atoms with Crippen LogP contribution in [0.5, 0.6) is 0 Å². The molecular formula is C17H17N7O. The van der Waals surface area contributed by atoms with E-state index in [1.54, 1.807) is 33.9 Å². The van der Waals surface area contributed by atoms with Crippen LogP contribution in [0.4, 0.5) is 10.6 Å². The summed E-state index contributed by atoms with van der Waals surface area (Å²) in [6.45, 7) is 1.17. The van der Waals surface area contributed by atoms with Crippen LogP contribution in [-0.2, 0) is 13.0 Å². The standard InChI is InChI=1S/C17H17N7O/c25-17(22-15-3-6-18-14-4-7-20-24(14)15)23-8-5-13-12(10-23)9-19-16(21-13)11-1-2-11/h3-4,6-7,9,11H,1-2,5,8,10H2,(H,22,25). The van der Waals surface area contributed by atoms with Crippen LogP contribution in [0.2, 0.25) is 0 Å². The lowest BCUT2D eigenvalue weighted by atomic mass is 10.1. The van der Waals surface area contributed by atoms with Crippen LogP contribution in [0.25, 0.3) is 5.65 Å². The molecule has 0 saturated heterocycles. The molecule has 2 amide bonds. The predicted octanol–water partition coefficient (Wildman–Crippen LogP) is 1.99. The number of rotatable bonds is 2. The van der Waals surface area contributed by atoms with Gasteiger partial charge in [-0.3, -0.25) is 5.32 Å². The molecule has 1 aliphatic carbocycles. The molecule has 3 aromatic rings. The second-order valence-electron chi connectivity index (χ2n) is 6.51. The molecule has 0 radical (unpaired) electrons. The summed E-state index contributed by atoms with van der Waals surface area (Å²) in [6, 6.07) is 3.38. The highest BCUT2D eigenvalue weighted by Gasteiger charge is 2.29. The SMILES string of the molecule is O=C(Nc1ccnc2ccnn12)N1CCc2nc(C3CC3)ncc2C1. The van der Waals surface area contributed by atoms with E-state index < -0.39 is 0 Å². The number of fused-ring (bicyclic) bond motifs is 2. The molecule has 0 aromatic carbocycles. The van der Waals surface area contributed by atoms with Crippen molar-refractivity contribution in [3.05, 3.63) is 47.8 Å². The number of carbonyl (C=O) groups is 1. The van der Waals surface area contributed by atoms with Crippen molar-refractivity contribution >= 4 is 17.5 Å². The van der Waals surface area contributed by atoms with Crippen LogP contribution in [0.3, 0.4) is 0 Å². The first-order chi connectivity index (χ1) is 12.3. The average Bonchev–Trinajstić information content (AvgIpc) is 3.38. The second-order valence-corrected chi connectivity index (χ2v) is 6.51. The summed E-state index contributed by atoms with van der Waals surface area (Å²) in [4.78, 5) is 27.8. The van der Waals surface area contributed by atoms with E-state index in [1.165, 1.54) is 12.8 Å². The summed E-state index contributed by atoms with van der Waals surface area (Å²) in [5, 5.41) is 7.10. The quantitative estimate of drug-likeness (QED) is 0.774. The third kappa shape index (κ3) is 2.59. The molecule has 1 saturated carbocycles. The summed E-state index contributed by atoms with van der Waals surface area (Å²) in [5.41, 5.74) is 2.81. The summed E-state index contributed by atoms with van der Waals surface area (Å²) in [6.07, 6.45) is 8.35. The Kier molecular flexibility index (Phi) is 3.16. The van der Waals surface area contributed by atoms with Crippen LogP contribution in [0.1, 0.15) is 35.8 Å². The molecule has 0 unspecified atom stereocenters. The number of anilines is 1. The number of hydrogen-bond acceptors (Lipinski definition) is 5. The summed E-state index contributed by atoms with van der Waals surface area (Å²) < 4.78 is 1.61. The average molecular weight is 335 g/mol. The largest absolute Gasteiger partial charge is 0.323 e. The third-order valence-corrected chi connectivity index (χ3v) is 4.71. The van der Waals surface area contributed by atoms with Gasteiger partial charge in [0.2, 0.25) is 0 Å². The van der Waals surface area contributed by atoms with E-state index in [0.29, 0.717) is 30.5 Å². The molecule has 1 N–H and O–H groups in total. The van der Waals surface area contributed by atoms with E-state index in [-0.39, 0.29) is 6.03 Å². The van der Waals surface area contributed by atoms with Crippen molar-refractivity contribution in [3.8, 4) is 0 Å². The zero-order chi connectivity index (χ0) is 16.8. The van der Waals surface area contributed by atoms with Crippen LogP contribution in [0, 0.1) is 0 Å². The Balaban J connectivity index is 1.34. The maximum atomic E-state index is 12.6. The number of hydrogen-bond donors (Lipinski definition) is 1. The molecule has 8 nitrogen and oxygen atoms in total.